The van der Waals surface area contributed by atoms with Gasteiger partial charge >= 0.3 is 0 Å². The summed E-state index contributed by atoms with van der Waals surface area (Å²) in [5.74, 6) is 0.411. The Hall–Kier alpha value is -0.800. The molecule has 2 nitrogen and oxygen atoms in total. The van der Waals surface area contributed by atoms with Crippen molar-refractivity contribution in [2.75, 3.05) is 20.2 Å². The molecular formula is C11H13ClFNO. The van der Waals surface area contributed by atoms with E-state index in [9.17, 15) is 4.39 Å². The van der Waals surface area contributed by atoms with Gasteiger partial charge < -0.3 is 10.1 Å². The molecule has 1 unspecified atom stereocenters. The van der Waals surface area contributed by atoms with Crippen LogP contribution in [0.4, 0.5) is 4.39 Å². The van der Waals surface area contributed by atoms with Crippen LogP contribution in [0.2, 0.25) is 5.02 Å². The Morgan fingerprint density at radius 3 is 2.93 bits per heavy atom. The molecule has 0 bridgehead atoms. The molecule has 1 atom stereocenters. The Morgan fingerprint density at radius 2 is 2.33 bits per heavy atom. The second-order valence-corrected chi connectivity index (χ2v) is 4.07. The molecule has 0 spiro atoms. The molecule has 1 saturated heterocycles. The maximum atomic E-state index is 13.9. The molecular weight excluding hydrogens is 217 g/mol. The van der Waals surface area contributed by atoms with Crippen molar-refractivity contribution in [3.63, 3.8) is 0 Å². The van der Waals surface area contributed by atoms with E-state index in [-0.39, 0.29) is 16.8 Å². The summed E-state index contributed by atoms with van der Waals surface area (Å²) in [5, 5.41) is 3.37. The van der Waals surface area contributed by atoms with E-state index in [1.807, 2.05) is 0 Å². The number of ether oxygens (including phenoxy) is 1. The van der Waals surface area contributed by atoms with Crippen LogP contribution in [0.15, 0.2) is 12.1 Å². The molecule has 2 rings (SSSR count). The molecule has 15 heavy (non-hydrogen) atoms. The molecule has 82 valence electrons. The fourth-order valence-corrected chi connectivity index (χ4v) is 2.17. The molecule has 1 aromatic carbocycles. The first kappa shape index (κ1) is 10.7. The molecule has 1 N–H and O–H groups in total. The highest BCUT2D eigenvalue weighted by Crippen LogP contribution is 2.35. The lowest BCUT2D eigenvalue weighted by molar-refractivity contribution is 0.400. The van der Waals surface area contributed by atoms with Gasteiger partial charge in [0.05, 0.1) is 12.1 Å². The first-order valence-corrected chi connectivity index (χ1v) is 5.34. The highest BCUT2D eigenvalue weighted by molar-refractivity contribution is 6.30. The topological polar surface area (TPSA) is 21.3 Å². The predicted octanol–water partition coefficient (Wildman–Crippen LogP) is 2.56. The quantitative estimate of drug-likeness (QED) is 0.842. The van der Waals surface area contributed by atoms with Crippen molar-refractivity contribution < 1.29 is 9.13 Å². The van der Waals surface area contributed by atoms with Crippen LogP contribution in [-0.4, -0.2) is 20.2 Å². The molecule has 4 heteroatoms. The number of nitrogens with one attached hydrogen (secondary N) is 1. The highest BCUT2D eigenvalue weighted by atomic mass is 35.5. The zero-order valence-electron chi connectivity index (χ0n) is 8.52. The summed E-state index contributed by atoms with van der Waals surface area (Å²) in [4.78, 5) is 0. The predicted molar refractivity (Wildman–Crippen MR) is 58.2 cm³/mol. The summed E-state index contributed by atoms with van der Waals surface area (Å²) in [7, 11) is 1.55. The fourth-order valence-electron chi connectivity index (χ4n) is 2.01. The molecule has 1 heterocycles. The second kappa shape index (κ2) is 4.37. The number of hydrogen-bond donors (Lipinski definition) is 1. The normalized spacial score (nSPS) is 20.6. The standard InChI is InChI=1S/C11H13ClFNO/c1-15-9-3-2-8(12)11(13)10(9)7-4-5-14-6-7/h2-3,7,14H,4-6H2,1H3. The van der Waals surface area contributed by atoms with Crippen molar-refractivity contribution in [3.8, 4) is 5.75 Å². The van der Waals surface area contributed by atoms with E-state index in [0.29, 0.717) is 11.3 Å². The maximum absolute atomic E-state index is 13.9. The number of methoxy groups -OCH3 is 1. The summed E-state index contributed by atoms with van der Waals surface area (Å²) in [5.41, 5.74) is 0.606. The van der Waals surface area contributed by atoms with E-state index in [1.165, 1.54) is 6.07 Å². The van der Waals surface area contributed by atoms with Crippen LogP contribution in [0, 0.1) is 5.82 Å². The maximum Gasteiger partial charge on any atom is 0.149 e. The van der Waals surface area contributed by atoms with E-state index in [0.717, 1.165) is 19.5 Å². The van der Waals surface area contributed by atoms with Gasteiger partial charge in [-0.05, 0) is 25.1 Å². The minimum Gasteiger partial charge on any atom is -0.496 e. The fraction of sp³-hybridized carbons (Fsp3) is 0.455. The van der Waals surface area contributed by atoms with Crippen LogP contribution in [-0.2, 0) is 0 Å². The van der Waals surface area contributed by atoms with Gasteiger partial charge in [0, 0.05) is 18.0 Å². The number of benzene rings is 1. The van der Waals surface area contributed by atoms with Gasteiger partial charge in [-0.15, -0.1) is 0 Å². The van der Waals surface area contributed by atoms with Crippen molar-refractivity contribution in [2.24, 2.45) is 0 Å². The van der Waals surface area contributed by atoms with Gasteiger partial charge in [-0.1, -0.05) is 11.6 Å². The van der Waals surface area contributed by atoms with E-state index in [4.69, 9.17) is 16.3 Å². The number of hydrogen-bond acceptors (Lipinski definition) is 2. The molecule has 1 fully saturated rings. The van der Waals surface area contributed by atoms with Crippen molar-refractivity contribution >= 4 is 11.6 Å². The SMILES string of the molecule is COc1ccc(Cl)c(F)c1C1CCNC1. The zero-order chi connectivity index (χ0) is 10.8. The summed E-state index contributed by atoms with van der Waals surface area (Å²) in [6, 6.07) is 3.25. The minimum absolute atomic E-state index is 0.165. The highest BCUT2D eigenvalue weighted by Gasteiger charge is 2.25. The molecule has 1 aliphatic rings. The largest absolute Gasteiger partial charge is 0.496 e. The van der Waals surface area contributed by atoms with Gasteiger partial charge in [0.15, 0.2) is 0 Å². The Labute approximate surface area is 93.4 Å². The first-order chi connectivity index (χ1) is 7.24. The number of halogens is 2. The van der Waals surface area contributed by atoms with Gasteiger partial charge in [-0.3, -0.25) is 0 Å². The van der Waals surface area contributed by atoms with Crippen molar-refractivity contribution in [1.82, 2.24) is 5.32 Å². The van der Waals surface area contributed by atoms with Crippen molar-refractivity contribution in [1.29, 1.82) is 0 Å². The average Bonchev–Trinajstić information content (AvgIpc) is 2.75. The molecule has 0 aliphatic carbocycles. The Bertz CT molecular complexity index is 364. The summed E-state index contributed by atoms with van der Waals surface area (Å²) >= 11 is 5.77. The van der Waals surface area contributed by atoms with E-state index >= 15 is 0 Å². The van der Waals surface area contributed by atoms with Crippen LogP contribution in [0.3, 0.4) is 0 Å². The van der Waals surface area contributed by atoms with Crippen molar-refractivity contribution in [2.45, 2.75) is 12.3 Å². The smallest absolute Gasteiger partial charge is 0.149 e. The van der Waals surface area contributed by atoms with E-state index < -0.39 is 0 Å². The Kier molecular flexibility index (Phi) is 3.12. The summed E-state index contributed by atoms with van der Waals surface area (Å²) in [6.07, 6.45) is 0.924. The third kappa shape index (κ3) is 1.94. The van der Waals surface area contributed by atoms with Crippen LogP contribution >= 0.6 is 11.6 Å². The minimum atomic E-state index is -0.343. The lowest BCUT2D eigenvalue weighted by atomic mass is 9.97. The van der Waals surface area contributed by atoms with E-state index in [2.05, 4.69) is 5.32 Å². The average molecular weight is 230 g/mol. The summed E-state index contributed by atoms with van der Waals surface area (Å²) in [6.45, 7) is 1.70. The van der Waals surface area contributed by atoms with Crippen LogP contribution in [0.5, 0.6) is 5.75 Å². The third-order valence-electron chi connectivity index (χ3n) is 2.78. The van der Waals surface area contributed by atoms with Crippen LogP contribution in [0.1, 0.15) is 17.9 Å². The molecule has 1 aliphatic heterocycles. The molecule has 0 saturated carbocycles. The van der Waals surface area contributed by atoms with Crippen molar-refractivity contribution in [3.05, 3.63) is 28.5 Å². The monoisotopic (exact) mass is 229 g/mol. The van der Waals surface area contributed by atoms with Crippen LogP contribution < -0.4 is 10.1 Å². The lowest BCUT2D eigenvalue weighted by Crippen LogP contribution is -2.10. The van der Waals surface area contributed by atoms with Gasteiger partial charge in [-0.25, -0.2) is 4.39 Å². The first-order valence-electron chi connectivity index (χ1n) is 4.96. The molecule has 0 aromatic heterocycles. The van der Waals surface area contributed by atoms with Gasteiger partial charge in [0.1, 0.15) is 11.6 Å². The molecule has 0 amide bonds. The Balaban J connectivity index is 2.45. The van der Waals surface area contributed by atoms with Gasteiger partial charge in [-0.2, -0.15) is 0 Å². The summed E-state index contributed by atoms with van der Waals surface area (Å²) < 4.78 is 19.0. The Morgan fingerprint density at radius 1 is 1.53 bits per heavy atom. The molecule has 1 aromatic rings. The van der Waals surface area contributed by atoms with Gasteiger partial charge in [0.2, 0.25) is 0 Å². The van der Waals surface area contributed by atoms with E-state index in [1.54, 1.807) is 13.2 Å². The molecule has 0 radical (unpaired) electrons. The second-order valence-electron chi connectivity index (χ2n) is 3.67. The third-order valence-corrected chi connectivity index (χ3v) is 3.07. The van der Waals surface area contributed by atoms with Gasteiger partial charge in [0.25, 0.3) is 0 Å². The lowest BCUT2D eigenvalue weighted by Gasteiger charge is -2.15. The number of rotatable bonds is 2. The zero-order valence-corrected chi connectivity index (χ0v) is 9.27. The van der Waals surface area contributed by atoms with Crippen LogP contribution in [0.25, 0.3) is 0 Å².